The molecule has 2 aliphatic heterocycles. The molecule has 2 aliphatic rings. The number of amides is 2. The number of nitrogens with one attached hydrogen (secondary N) is 2. The normalized spacial score (nSPS) is 14.3. The summed E-state index contributed by atoms with van der Waals surface area (Å²) in [5, 5.41) is 5.23. The summed E-state index contributed by atoms with van der Waals surface area (Å²) in [6.45, 7) is 1.50. The maximum atomic E-state index is 13.2. The van der Waals surface area contributed by atoms with E-state index in [1.165, 1.54) is 6.07 Å². The van der Waals surface area contributed by atoms with Crippen LogP contribution in [0.5, 0.6) is 11.5 Å². The second-order valence-corrected chi connectivity index (χ2v) is 5.95. The van der Waals surface area contributed by atoms with Crippen LogP contribution in [0.2, 0.25) is 0 Å². The van der Waals surface area contributed by atoms with E-state index in [2.05, 4.69) is 10.6 Å². The van der Waals surface area contributed by atoms with Gasteiger partial charge in [-0.25, -0.2) is 13.6 Å². The summed E-state index contributed by atoms with van der Waals surface area (Å²) >= 11 is 0. The first-order valence-electron chi connectivity index (χ1n) is 8.05. The third kappa shape index (κ3) is 2.97. The molecule has 0 radical (unpaired) electrons. The molecule has 0 aliphatic carbocycles. The molecule has 2 N–H and O–H groups in total. The number of anilines is 1. The molecule has 0 saturated heterocycles. The molecule has 0 fully saturated rings. The van der Waals surface area contributed by atoms with Crippen LogP contribution in [0.4, 0.5) is 19.3 Å². The van der Waals surface area contributed by atoms with Crippen molar-refractivity contribution in [3.63, 3.8) is 0 Å². The highest BCUT2D eigenvalue weighted by atomic mass is 19.2. The molecule has 2 amide bonds. The molecule has 2 aromatic carbocycles. The number of fused-ring (bicyclic) bond motifs is 2. The van der Waals surface area contributed by atoms with Gasteiger partial charge in [0.05, 0.1) is 13.2 Å². The van der Waals surface area contributed by atoms with Gasteiger partial charge in [0.15, 0.2) is 11.6 Å². The second kappa shape index (κ2) is 6.23. The third-order valence-corrected chi connectivity index (χ3v) is 4.36. The summed E-state index contributed by atoms with van der Waals surface area (Å²) in [6, 6.07) is 4.70. The molecule has 0 spiro atoms. The van der Waals surface area contributed by atoms with Crippen LogP contribution in [0.3, 0.4) is 0 Å². The molecule has 0 aromatic heterocycles. The standard InChI is InChI=1S/C18H16F2N2O3/c19-14-2-1-11(8-15(14)20)22-18(23)21-9-13-12-4-6-24-16(12)7-10-3-5-25-17(10)13/h1-2,7-8H,3-6,9H2,(H2,21,22,23). The van der Waals surface area contributed by atoms with Crippen LogP contribution in [0, 0.1) is 11.6 Å². The fraction of sp³-hybridized carbons (Fsp3) is 0.278. The molecule has 5 nitrogen and oxygen atoms in total. The van der Waals surface area contributed by atoms with E-state index in [0.29, 0.717) is 13.2 Å². The van der Waals surface area contributed by atoms with E-state index in [0.717, 1.165) is 53.2 Å². The van der Waals surface area contributed by atoms with E-state index in [-0.39, 0.29) is 12.2 Å². The van der Waals surface area contributed by atoms with Crippen molar-refractivity contribution in [2.24, 2.45) is 0 Å². The largest absolute Gasteiger partial charge is 0.493 e. The van der Waals surface area contributed by atoms with E-state index in [9.17, 15) is 13.6 Å². The Bertz CT molecular complexity index is 822. The number of hydrogen-bond donors (Lipinski definition) is 2. The second-order valence-electron chi connectivity index (χ2n) is 5.95. The maximum absolute atomic E-state index is 13.2. The molecule has 0 unspecified atom stereocenters. The highest BCUT2D eigenvalue weighted by Gasteiger charge is 2.26. The molecule has 25 heavy (non-hydrogen) atoms. The summed E-state index contributed by atoms with van der Waals surface area (Å²) in [6.07, 6.45) is 1.59. The van der Waals surface area contributed by atoms with Crippen molar-refractivity contribution >= 4 is 11.7 Å². The number of benzene rings is 2. The quantitative estimate of drug-likeness (QED) is 0.898. The number of hydrogen-bond acceptors (Lipinski definition) is 3. The lowest BCUT2D eigenvalue weighted by Crippen LogP contribution is -2.28. The van der Waals surface area contributed by atoms with Gasteiger partial charge in [-0.15, -0.1) is 0 Å². The van der Waals surface area contributed by atoms with Crippen molar-refractivity contribution in [3.05, 3.63) is 52.6 Å². The number of rotatable bonds is 3. The zero-order valence-electron chi connectivity index (χ0n) is 13.3. The van der Waals surface area contributed by atoms with Crippen molar-refractivity contribution < 1.29 is 23.0 Å². The zero-order chi connectivity index (χ0) is 17.4. The minimum atomic E-state index is -1.01. The van der Waals surface area contributed by atoms with E-state index < -0.39 is 17.7 Å². The van der Waals surface area contributed by atoms with Crippen LogP contribution in [-0.2, 0) is 19.4 Å². The van der Waals surface area contributed by atoms with Gasteiger partial charge in [-0.2, -0.15) is 0 Å². The smallest absolute Gasteiger partial charge is 0.319 e. The van der Waals surface area contributed by atoms with E-state index in [1.807, 2.05) is 6.07 Å². The van der Waals surface area contributed by atoms with Crippen LogP contribution >= 0.6 is 0 Å². The van der Waals surface area contributed by atoms with Crippen LogP contribution in [0.25, 0.3) is 0 Å². The predicted molar refractivity (Wildman–Crippen MR) is 87.1 cm³/mol. The van der Waals surface area contributed by atoms with E-state index >= 15 is 0 Å². The number of halogens is 2. The van der Waals surface area contributed by atoms with Crippen molar-refractivity contribution in [3.8, 4) is 11.5 Å². The van der Waals surface area contributed by atoms with Gasteiger partial charge in [-0.3, -0.25) is 0 Å². The summed E-state index contributed by atoms with van der Waals surface area (Å²) in [5.74, 6) is -0.306. The Kier molecular flexibility index (Phi) is 3.91. The number of carbonyl (C=O) groups excluding carboxylic acids is 1. The van der Waals surface area contributed by atoms with Gasteiger partial charge in [-0.1, -0.05) is 0 Å². The molecule has 2 aromatic rings. The summed E-state index contributed by atoms with van der Waals surface area (Å²) in [7, 11) is 0. The lowest BCUT2D eigenvalue weighted by molar-refractivity contribution is 0.251. The Morgan fingerprint density at radius 2 is 1.92 bits per heavy atom. The van der Waals surface area contributed by atoms with E-state index in [1.54, 1.807) is 0 Å². The van der Waals surface area contributed by atoms with Gasteiger partial charge >= 0.3 is 6.03 Å². The molecular weight excluding hydrogens is 330 g/mol. The van der Waals surface area contributed by atoms with Crippen molar-refractivity contribution in [2.75, 3.05) is 18.5 Å². The van der Waals surface area contributed by atoms with Crippen LogP contribution < -0.4 is 20.1 Å². The Morgan fingerprint density at radius 1 is 1.08 bits per heavy atom. The van der Waals surface area contributed by atoms with Gasteiger partial charge < -0.3 is 20.1 Å². The minimum absolute atomic E-state index is 0.180. The summed E-state index contributed by atoms with van der Waals surface area (Å²) in [5.41, 5.74) is 3.23. The first-order valence-corrected chi connectivity index (χ1v) is 8.05. The fourth-order valence-electron chi connectivity index (χ4n) is 3.19. The highest BCUT2D eigenvalue weighted by Crippen LogP contribution is 2.40. The first-order chi connectivity index (χ1) is 12.1. The average Bonchev–Trinajstić information content (AvgIpc) is 3.23. The molecule has 0 atom stereocenters. The van der Waals surface area contributed by atoms with Crippen LogP contribution in [0.15, 0.2) is 24.3 Å². The highest BCUT2D eigenvalue weighted by molar-refractivity contribution is 5.89. The van der Waals surface area contributed by atoms with Gasteiger partial charge in [0.1, 0.15) is 11.5 Å². The monoisotopic (exact) mass is 346 g/mol. The molecule has 0 saturated carbocycles. The van der Waals surface area contributed by atoms with Gasteiger partial charge in [0.25, 0.3) is 0 Å². The molecular formula is C18H16F2N2O3. The minimum Gasteiger partial charge on any atom is -0.493 e. The predicted octanol–water partition coefficient (Wildman–Crippen LogP) is 3.16. The SMILES string of the molecule is O=C(NCc1c2c(cc3c1OCC3)OCC2)Nc1ccc(F)c(F)c1. The lowest BCUT2D eigenvalue weighted by atomic mass is 9.99. The molecule has 130 valence electrons. The van der Waals surface area contributed by atoms with Crippen molar-refractivity contribution in [1.82, 2.24) is 5.32 Å². The fourth-order valence-corrected chi connectivity index (χ4v) is 3.19. The Hall–Kier alpha value is -2.83. The van der Waals surface area contributed by atoms with Gasteiger partial charge in [0.2, 0.25) is 0 Å². The number of carbonyl (C=O) groups is 1. The Labute approximate surface area is 142 Å². The van der Waals surface area contributed by atoms with Crippen molar-refractivity contribution in [1.29, 1.82) is 0 Å². The lowest BCUT2D eigenvalue weighted by Gasteiger charge is -2.14. The Balaban J connectivity index is 1.48. The molecule has 4 rings (SSSR count). The molecule has 0 bridgehead atoms. The number of ether oxygens (including phenoxy) is 2. The van der Waals surface area contributed by atoms with Crippen LogP contribution in [0.1, 0.15) is 16.7 Å². The number of urea groups is 1. The van der Waals surface area contributed by atoms with Crippen LogP contribution in [-0.4, -0.2) is 19.2 Å². The third-order valence-electron chi connectivity index (χ3n) is 4.36. The average molecular weight is 346 g/mol. The topological polar surface area (TPSA) is 59.6 Å². The maximum Gasteiger partial charge on any atom is 0.319 e. The zero-order valence-corrected chi connectivity index (χ0v) is 13.3. The van der Waals surface area contributed by atoms with E-state index in [4.69, 9.17) is 9.47 Å². The molecule has 7 heteroatoms. The Morgan fingerprint density at radius 3 is 2.76 bits per heavy atom. The van der Waals surface area contributed by atoms with Gasteiger partial charge in [-0.05, 0) is 18.2 Å². The summed E-state index contributed by atoms with van der Waals surface area (Å²) < 4.78 is 37.5. The summed E-state index contributed by atoms with van der Waals surface area (Å²) in [4.78, 5) is 12.1. The van der Waals surface area contributed by atoms with Crippen molar-refractivity contribution in [2.45, 2.75) is 19.4 Å². The molecule has 2 heterocycles. The first kappa shape index (κ1) is 15.7. The van der Waals surface area contributed by atoms with Gasteiger partial charge in [0, 0.05) is 47.8 Å².